The van der Waals surface area contributed by atoms with E-state index in [0.29, 0.717) is 22.8 Å². The minimum absolute atomic E-state index is 0.152. The number of nitrogens with zero attached hydrogens (tertiary/aromatic N) is 1. The molecule has 3 rings (SSSR count). The van der Waals surface area contributed by atoms with Crippen LogP contribution in [-0.2, 0) is 15.3 Å². The molecule has 2 aromatic rings. The summed E-state index contributed by atoms with van der Waals surface area (Å²) in [6, 6.07) is 13.8. The van der Waals surface area contributed by atoms with E-state index in [0.717, 1.165) is 16.9 Å². The van der Waals surface area contributed by atoms with Gasteiger partial charge >= 0.3 is 0 Å². The Kier molecular flexibility index (Phi) is 4.98. The fourth-order valence-corrected chi connectivity index (χ4v) is 4.39. The molecule has 1 aliphatic heterocycles. The number of carbonyl (C=O) groups excluding carboxylic acids is 2. The van der Waals surface area contributed by atoms with Crippen LogP contribution in [0.5, 0.6) is 0 Å². The van der Waals surface area contributed by atoms with Crippen LogP contribution in [0.25, 0.3) is 5.57 Å². The summed E-state index contributed by atoms with van der Waals surface area (Å²) in [7, 11) is 0. The summed E-state index contributed by atoms with van der Waals surface area (Å²) < 4.78 is 0. The molecule has 0 fully saturated rings. The minimum atomic E-state index is -0.158. The van der Waals surface area contributed by atoms with Gasteiger partial charge in [0.1, 0.15) is 0 Å². The molecule has 0 N–H and O–H groups in total. The van der Waals surface area contributed by atoms with E-state index in [1.165, 1.54) is 28.0 Å². The zero-order valence-electron chi connectivity index (χ0n) is 12.8. The summed E-state index contributed by atoms with van der Waals surface area (Å²) >= 11 is 2.96. The SMILES string of the molecule is CCCN1C(=O)C(SCc2ccccc2)=C(c2cccs2)C1=O. The van der Waals surface area contributed by atoms with Gasteiger partial charge < -0.3 is 0 Å². The van der Waals surface area contributed by atoms with E-state index >= 15 is 0 Å². The van der Waals surface area contributed by atoms with Crippen molar-refractivity contribution in [1.82, 2.24) is 4.90 Å². The summed E-state index contributed by atoms with van der Waals surface area (Å²) in [4.78, 5) is 28.2. The molecule has 0 spiro atoms. The smallest absolute Gasteiger partial charge is 0.268 e. The molecule has 2 amide bonds. The van der Waals surface area contributed by atoms with Gasteiger partial charge in [-0.3, -0.25) is 14.5 Å². The first kappa shape index (κ1) is 16.0. The molecule has 1 aromatic heterocycles. The van der Waals surface area contributed by atoms with Crippen molar-refractivity contribution in [1.29, 1.82) is 0 Å². The molecule has 0 aliphatic carbocycles. The van der Waals surface area contributed by atoms with Crippen LogP contribution in [-0.4, -0.2) is 23.3 Å². The Labute approximate surface area is 144 Å². The monoisotopic (exact) mass is 343 g/mol. The van der Waals surface area contributed by atoms with Crippen molar-refractivity contribution in [2.45, 2.75) is 19.1 Å². The van der Waals surface area contributed by atoms with E-state index in [2.05, 4.69) is 0 Å². The quantitative estimate of drug-likeness (QED) is 0.739. The molecule has 0 saturated heterocycles. The van der Waals surface area contributed by atoms with Gasteiger partial charge in [-0.2, -0.15) is 0 Å². The average Bonchev–Trinajstić information content (AvgIpc) is 3.16. The van der Waals surface area contributed by atoms with Gasteiger partial charge in [0.2, 0.25) is 0 Å². The van der Waals surface area contributed by atoms with Crippen LogP contribution in [0.15, 0.2) is 52.7 Å². The lowest BCUT2D eigenvalue weighted by atomic mass is 10.2. The van der Waals surface area contributed by atoms with Crippen LogP contribution in [0.2, 0.25) is 0 Å². The second kappa shape index (κ2) is 7.15. The molecule has 0 saturated carbocycles. The molecular weight excluding hydrogens is 326 g/mol. The van der Waals surface area contributed by atoms with Crippen molar-refractivity contribution in [2.75, 3.05) is 6.54 Å². The molecule has 118 valence electrons. The standard InChI is InChI=1S/C18H17NO2S2/c1-2-10-19-17(20)15(14-9-6-11-22-14)16(18(19)21)23-12-13-7-4-3-5-8-13/h3-9,11H,2,10,12H2,1H3. The van der Waals surface area contributed by atoms with Crippen LogP contribution < -0.4 is 0 Å². The molecule has 3 nitrogen and oxygen atoms in total. The maximum Gasteiger partial charge on any atom is 0.268 e. The Morgan fingerprint density at radius 2 is 1.83 bits per heavy atom. The second-order valence-electron chi connectivity index (χ2n) is 5.22. The molecule has 5 heteroatoms. The fourth-order valence-electron chi connectivity index (χ4n) is 2.48. The number of hydrogen-bond donors (Lipinski definition) is 0. The normalized spacial score (nSPS) is 14.9. The number of amides is 2. The number of carbonyl (C=O) groups is 2. The predicted molar refractivity (Wildman–Crippen MR) is 96.0 cm³/mol. The Bertz CT molecular complexity index is 736. The van der Waals surface area contributed by atoms with Crippen LogP contribution in [0, 0.1) is 0 Å². The Morgan fingerprint density at radius 3 is 2.48 bits per heavy atom. The first-order valence-electron chi connectivity index (χ1n) is 7.53. The number of rotatable bonds is 6. The lowest BCUT2D eigenvalue weighted by Crippen LogP contribution is -2.32. The molecule has 0 atom stereocenters. The van der Waals surface area contributed by atoms with Gasteiger partial charge in [-0.05, 0) is 23.4 Å². The highest BCUT2D eigenvalue weighted by atomic mass is 32.2. The summed E-state index contributed by atoms with van der Waals surface area (Å²) in [5, 5.41) is 1.93. The summed E-state index contributed by atoms with van der Waals surface area (Å²) in [6.07, 6.45) is 0.770. The van der Waals surface area contributed by atoms with E-state index < -0.39 is 0 Å². The largest absolute Gasteiger partial charge is 0.274 e. The Balaban J connectivity index is 1.91. The Morgan fingerprint density at radius 1 is 1.04 bits per heavy atom. The third kappa shape index (κ3) is 3.26. The number of benzene rings is 1. The second-order valence-corrected chi connectivity index (χ2v) is 7.15. The van der Waals surface area contributed by atoms with Crippen LogP contribution >= 0.6 is 23.1 Å². The minimum Gasteiger partial charge on any atom is -0.274 e. The highest BCUT2D eigenvalue weighted by Gasteiger charge is 2.38. The average molecular weight is 343 g/mol. The van der Waals surface area contributed by atoms with Crippen molar-refractivity contribution < 1.29 is 9.59 Å². The van der Waals surface area contributed by atoms with E-state index in [1.807, 2.05) is 54.8 Å². The van der Waals surface area contributed by atoms with Crippen LogP contribution in [0.4, 0.5) is 0 Å². The molecule has 23 heavy (non-hydrogen) atoms. The third-order valence-corrected chi connectivity index (χ3v) is 5.60. The molecule has 1 aromatic carbocycles. The first-order valence-corrected chi connectivity index (χ1v) is 9.40. The molecule has 2 heterocycles. The third-order valence-electron chi connectivity index (χ3n) is 3.57. The number of thioether (sulfide) groups is 1. The first-order chi connectivity index (χ1) is 11.2. The topological polar surface area (TPSA) is 37.4 Å². The highest BCUT2D eigenvalue weighted by Crippen LogP contribution is 2.38. The van der Waals surface area contributed by atoms with Gasteiger partial charge in [0.05, 0.1) is 10.5 Å². The van der Waals surface area contributed by atoms with Crippen molar-refractivity contribution in [2.24, 2.45) is 0 Å². The Hall–Kier alpha value is -1.85. The van der Waals surface area contributed by atoms with E-state index in [1.54, 1.807) is 0 Å². The maximum atomic E-state index is 12.7. The summed E-state index contributed by atoms with van der Waals surface area (Å²) in [6.45, 7) is 2.45. The molecular formula is C18H17NO2S2. The van der Waals surface area contributed by atoms with Crippen molar-refractivity contribution in [3.8, 4) is 0 Å². The van der Waals surface area contributed by atoms with Gasteiger partial charge in [-0.1, -0.05) is 43.3 Å². The fraction of sp³-hybridized carbons (Fsp3) is 0.222. The van der Waals surface area contributed by atoms with Crippen molar-refractivity contribution in [3.05, 3.63) is 63.2 Å². The van der Waals surface area contributed by atoms with E-state index in [9.17, 15) is 9.59 Å². The van der Waals surface area contributed by atoms with Crippen LogP contribution in [0.1, 0.15) is 23.8 Å². The van der Waals surface area contributed by atoms with Gasteiger partial charge in [0.15, 0.2) is 0 Å². The molecule has 0 bridgehead atoms. The van der Waals surface area contributed by atoms with Gasteiger partial charge in [-0.25, -0.2) is 0 Å². The van der Waals surface area contributed by atoms with Crippen LogP contribution in [0.3, 0.4) is 0 Å². The zero-order chi connectivity index (χ0) is 16.2. The van der Waals surface area contributed by atoms with E-state index in [4.69, 9.17) is 0 Å². The molecule has 0 unspecified atom stereocenters. The lowest BCUT2D eigenvalue weighted by molar-refractivity contribution is -0.136. The van der Waals surface area contributed by atoms with Gasteiger partial charge in [0, 0.05) is 17.2 Å². The zero-order valence-corrected chi connectivity index (χ0v) is 14.5. The maximum absolute atomic E-state index is 12.7. The lowest BCUT2D eigenvalue weighted by Gasteiger charge is -2.13. The van der Waals surface area contributed by atoms with E-state index in [-0.39, 0.29) is 11.8 Å². The summed E-state index contributed by atoms with van der Waals surface area (Å²) in [5.74, 6) is 0.375. The van der Waals surface area contributed by atoms with Crippen molar-refractivity contribution >= 4 is 40.5 Å². The molecule has 1 aliphatic rings. The van der Waals surface area contributed by atoms with Gasteiger partial charge in [-0.15, -0.1) is 23.1 Å². The number of imide groups is 1. The number of hydrogen-bond acceptors (Lipinski definition) is 4. The summed E-state index contributed by atoms with van der Waals surface area (Å²) in [5.41, 5.74) is 1.71. The van der Waals surface area contributed by atoms with Crippen molar-refractivity contribution in [3.63, 3.8) is 0 Å². The highest BCUT2D eigenvalue weighted by molar-refractivity contribution is 8.03. The molecule has 0 radical (unpaired) electrons. The predicted octanol–water partition coefficient (Wildman–Crippen LogP) is 4.17. The number of thiophene rings is 1. The van der Waals surface area contributed by atoms with Gasteiger partial charge in [0.25, 0.3) is 11.8 Å².